The Balaban J connectivity index is 1.60. The van der Waals surface area contributed by atoms with Gasteiger partial charge in [-0.1, -0.05) is 12.1 Å². The average molecular weight is 433 g/mol. The molecule has 0 aliphatic carbocycles. The van der Waals surface area contributed by atoms with Crippen molar-refractivity contribution >= 4 is 28.6 Å². The molecule has 1 aliphatic heterocycles. The fourth-order valence-electron chi connectivity index (χ4n) is 3.04. The molecule has 1 heterocycles. The van der Waals surface area contributed by atoms with Crippen LogP contribution in [0.1, 0.15) is 11.1 Å². The van der Waals surface area contributed by atoms with E-state index in [1.807, 2.05) is 24.3 Å². The van der Waals surface area contributed by atoms with Gasteiger partial charge in [-0.2, -0.15) is 0 Å². The molecule has 1 fully saturated rings. The first-order valence-electron chi connectivity index (χ1n) is 9.04. The summed E-state index contributed by atoms with van der Waals surface area (Å²) in [6.07, 6.45) is -0.703. The van der Waals surface area contributed by atoms with E-state index in [4.69, 9.17) is 9.47 Å². The highest BCUT2D eigenvalue weighted by molar-refractivity contribution is 7.96. The second kappa shape index (κ2) is 9.49. The number of nitrogens with zero attached hydrogens (tertiary/aromatic N) is 2. The molecule has 0 saturated carbocycles. The molecule has 1 unspecified atom stereocenters. The minimum atomic E-state index is -1.06. The summed E-state index contributed by atoms with van der Waals surface area (Å²) in [5, 5.41) is 20.2. The van der Waals surface area contributed by atoms with Gasteiger partial charge >= 0.3 is 12.1 Å². The molecule has 158 valence electrons. The molecule has 0 radical (unpaired) electrons. The lowest BCUT2D eigenvalue weighted by atomic mass is 10.2. The van der Waals surface area contributed by atoms with Crippen LogP contribution < -0.4 is 4.74 Å². The van der Waals surface area contributed by atoms with Crippen molar-refractivity contribution in [1.29, 1.82) is 0 Å². The Bertz CT molecular complexity index is 918. The van der Waals surface area contributed by atoms with E-state index in [0.717, 1.165) is 11.3 Å². The quantitative estimate of drug-likeness (QED) is 0.405. The molecule has 1 N–H and O–H groups in total. The predicted octanol–water partition coefficient (Wildman–Crippen LogP) is 2.78. The molecule has 0 spiro atoms. The van der Waals surface area contributed by atoms with Crippen molar-refractivity contribution in [1.82, 2.24) is 4.90 Å². The molecule has 1 aliphatic rings. The minimum absolute atomic E-state index is 0.0573. The molecule has 0 bridgehead atoms. The number of non-ortho nitro benzene ring substituents is 1. The first kappa shape index (κ1) is 21.4. The van der Waals surface area contributed by atoms with E-state index in [1.54, 1.807) is 7.11 Å². The fourth-order valence-corrected chi connectivity index (χ4v) is 5.47. The molecule has 2 atom stereocenters. The number of hydrogen-bond acceptors (Lipinski definition) is 6. The molecule has 2 aromatic rings. The summed E-state index contributed by atoms with van der Waals surface area (Å²) in [4.78, 5) is 35.6. The molecular weight excluding hydrogens is 412 g/mol. The molecule has 9 nitrogen and oxygen atoms in total. The van der Waals surface area contributed by atoms with Crippen LogP contribution in [0, 0.1) is 10.1 Å². The molecule has 1 amide bonds. The zero-order chi connectivity index (χ0) is 21.7. The third-order valence-corrected chi connectivity index (χ3v) is 6.82. The second-order valence-corrected chi connectivity index (χ2v) is 8.81. The van der Waals surface area contributed by atoms with Crippen LogP contribution in [0.3, 0.4) is 0 Å². The van der Waals surface area contributed by atoms with Crippen molar-refractivity contribution in [2.24, 2.45) is 0 Å². The first-order chi connectivity index (χ1) is 14.4. The summed E-state index contributed by atoms with van der Waals surface area (Å²) in [5.74, 6) is 1.02. The number of aliphatic carboxylic acids is 1. The SMILES string of the molecule is COc1ccc(C[S+]2C[C@H](C(=O)O)N(C(=O)OCc3ccc([N+](=O)[O-])cc3)C2)cc1. The lowest BCUT2D eigenvalue weighted by Gasteiger charge is -2.17. The molecule has 2 aromatic carbocycles. The van der Waals surface area contributed by atoms with Crippen LogP contribution in [0.25, 0.3) is 0 Å². The van der Waals surface area contributed by atoms with Gasteiger partial charge < -0.3 is 14.6 Å². The fraction of sp³-hybridized carbons (Fsp3) is 0.300. The van der Waals surface area contributed by atoms with E-state index in [1.165, 1.54) is 29.2 Å². The normalized spacial score (nSPS) is 18.1. The number of carbonyl (C=O) groups is 2. The Morgan fingerprint density at radius 3 is 2.37 bits per heavy atom. The second-order valence-electron chi connectivity index (χ2n) is 6.70. The first-order valence-corrected chi connectivity index (χ1v) is 10.8. The van der Waals surface area contributed by atoms with Crippen molar-refractivity contribution in [3.63, 3.8) is 0 Å². The van der Waals surface area contributed by atoms with E-state index >= 15 is 0 Å². The molecule has 3 rings (SSSR count). The lowest BCUT2D eigenvalue weighted by molar-refractivity contribution is -0.384. The maximum Gasteiger partial charge on any atom is 0.414 e. The number of amides is 1. The van der Waals surface area contributed by atoms with Gasteiger partial charge in [-0.25, -0.2) is 14.5 Å². The number of rotatable bonds is 7. The Morgan fingerprint density at radius 1 is 1.17 bits per heavy atom. The van der Waals surface area contributed by atoms with E-state index < -0.39 is 23.0 Å². The lowest BCUT2D eigenvalue weighted by Crippen LogP contribution is -2.41. The zero-order valence-corrected chi connectivity index (χ0v) is 17.0. The smallest absolute Gasteiger partial charge is 0.414 e. The van der Waals surface area contributed by atoms with Gasteiger partial charge in [0.2, 0.25) is 0 Å². The van der Waals surface area contributed by atoms with Gasteiger partial charge in [0.1, 0.15) is 23.9 Å². The number of carboxylic acid groups (broad SMARTS) is 1. The standard InChI is InChI=1S/C20H20N2O7S/c1-28-17-8-4-15(5-9-17)11-30-12-18(19(23)24)21(13-30)20(25)29-10-14-2-6-16(7-3-14)22(26)27/h2-9,18H,10-13H2,1H3/p+1/t18-,30?/m1/s1. The van der Waals surface area contributed by atoms with Gasteiger partial charge in [-0.05, 0) is 29.8 Å². The molecule has 30 heavy (non-hydrogen) atoms. The van der Waals surface area contributed by atoms with Crippen LogP contribution in [-0.4, -0.2) is 51.8 Å². The minimum Gasteiger partial charge on any atom is -0.497 e. The van der Waals surface area contributed by atoms with Crippen LogP contribution in [0.5, 0.6) is 5.75 Å². The summed E-state index contributed by atoms with van der Waals surface area (Å²) < 4.78 is 10.4. The van der Waals surface area contributed by atoms with Gasteiger partial charge in [0.15, 0.2) is 11.9 Å². The Morgan fingerprint density at radius 2 is 1.80 bits per heavy atom. The van der Waals surface area contributed by atoms with E-state index in [-0.39, 0.29) is 23.2 Å². The van der Waals surface area contributed by atoms with Gasteiger partial charge in [0.25, 0.3) is 5.69 Å². The number of carbonyl (C=O) groups excluding carboxylic acids is 1. The highest BCUT2D eigenvalue weighted by Gasteiger charge is 2.47. The Kier molecular flexibility index (Phi) is 6.78. The summed E-state index contributed by atoms with van der Waals surface area (Å²) >= 11 is 0. The largest absolute Gasteiger partial charge is 0.497 e. The van der Waals surface area contributed by atoms with E-state index in [9.17, 15) is 24.8 Å². The molecule has 1 saturated heterocycles. The summed E-state index contributed by atoms with van der Waals surface area (Å²) in [6.45, 7) is -0.0913. The summed E-state index contributed by atoms with van der Waals surface area (Å²) in [5.41, 5.74) is 1.57. The third-order valence-electron chi connectivity index (χ3n) is 4.65. The average Bonchev–Trinajstić information content (AvgIpc) is 3.17. The van der Waals surface area contributed by atoms with Crippen LogP contribution in [0.4, 0.5) is 10.5 Å². The number of nitro benzene ring substituents is 1. The Hall–Kier alpha value is -3.27. The predicted molar refractivity (Wildman–Crippen MR) is 110 cm³/mol. The highest BCUT2D eigenvalue weighted by Crippen LogP contribution is 2.24. The van der Waals surface area contributed by atoms with Crippen molar-refractivity contribution in [3.05, 3.63) is 69.8 Å². The summed E-state index contributed by atoms with van der Waals surface area (Å²) in [6, 6.07) is 12.3. The van der Waals surface area contributed by atoms with E-state index in [0.29, 0.717) is 22.9 Å². The maximum absolute atomic E-state index is 12.5. The molecule has 0 aromatic heterocycles. The highest BCUT2D eigenvalue weighted by atomic mass is 32.2. The van der Waals surface area contributed by atoms with Crippen molar-refractivity contribution in [2.45, 2.75) is 18.4 Å². The third kappa shape index (κ3) is 5.20. The van der Waals surface area contributed by atoms with Crippen LogP contribution in [-0.2, 0) is 32.8 Å². The van der Waals surface area contributed by atoms with E-state index in [2.05, 4.69) is 0 Å². The van der Waals surface area contributed by atoms with Crippen molar-refractivity contribution < 1.29 is 29.1 Å². The van der Waals surface area contributed by atoms with Crippen LogP contribution >= 0.6 is 0 Å². The number of methoxy groups -OCH3 is 1. The topological polar surface area (TPSA) is 119 Å². The van der Waals surface area contributed by atoms with Crippen LogP contribution in [0.15, 0.2) is 48.5 Å². The van der Waals surface area contributed by atoms with Crippen molar-refractivity contribution in [2.75, 3.05) is 18.7 Å². The number of benzene rings is 2. The number of hydrogen-bond donors (Lipinski definition) is 1. The Labute approximate surface area is 175 Å². The number of carboxylic acids is 1. The van der Waals surface area contributed by atoms with Crippen molar-refractivity contribution in [3.8, 4) is 5.75 Å². The van der Waals surface area contributed by atoms with Gasteiger partial charge in [0.05, 0.1) is 12.0 Å². The monoisotopic (exact) mass is 433 g/mol. The van der Waals surface area contributed by atoms with Gasteiger partial charge in [0, 0.05) is 28.6 Å². The number of nitro groups is 1. The zero-order valence-electron chi connectivity index (χ0n) is 16.2. The molecule has 10 heteroatoms. The number of ether oxygens (including phenoxy) is 2. The van der Waals surface area contributed by atoms with Crippen LogP contribution in [0.2, 0.25) is 0 Å². The van der Waals surface area contributed by atoms with Gasteiger partial charge in [-0.15, -0.1) is 0 Å². The molecular formula is C20H21N2O7S+. The van der Waals surface area contributed by atoms with Gasteiger partial charge in [-0.3, -0.25) is 10.1 Å². The maximum atomic E-state index is 12.5. The summed E-state index contributed by atoms with van der Waals surface area (Å²) in [7, 11) is 1.27.